The molecule has 106 valence electrons. The molecule has 0 aliphatic rings. The molecule has 0 saturated carbocycles. The number of pyridine rings is 1. The highest BCUT2D eigenvalue weighted by Crippen LogP contribution is 2.23. The van der Waals surface area contributed by atoms with Crippen LogP contribution in [0.1, 0.15) is 26.6 Å². The summed E-state index contributed by atoms with van der Waals surface area (Å²) in [5.41, 5.74) is 1.77. The third-order valence-electron chi connectivity index (χ3n) is 2.58. The van der Waals surface area contributed by atoms with Crippen LogP contribution >= 0.6 is 0 Å². The molecule has 1 N–H and O–H groups in total. The average molecular weight is 272 g/mol. The molecular weight excluding hydrogens is 252 g/mol. The van der Waals surface area contributed by atoms with Crippen LogP contribution in [0.4, 0.5) is 5.82 Å². The van der Waals surface area contributed by atoms with Crippen molar-refractivity contribution < 1.29 is 4.74 Å². The van der Waals surface area contributed by atoms with E-state index in [1.54, 1.807) is 12.4 Å². The van der Waals surface area contributed by atoms with Crippen LogP contribution in [0.2, 0.25) is 0 Å². The Morgan fingerprint density at radius 2 is 2.00 bits per heavy atom. The number of nitrogens with zero attached hydrogens (tertiary/aromatic N) is 3. The minimum Gasteiger partial charge on any atom is -0.489 e. The zero-order valence-corrected chi connectivity index (χ0v) is 12.3. The van der Waals surface area contributed by atoms with Gasteiger partial charge in [0.1, 0.15) is 17.4 Å². The normalized spacial score (nSPS) is 10.7. The van der Waals surface area contributed by atoms with Gasteiger partial charge in [-0.3, -0.25) is 4.98 Å². The van der Waals surface area contributed by atoms with Gasteiger partial charge in [0.25, 0.3) is 0 Å². The van der Waals surface area contributed by atoms with Gasteiger partial charge in [0.2, 0.25) is 0 Å². The highest BCUT2D eigenvalue weighted by atomic mass is 16.5. The summed E-state index contributed by atoms with van der Waals surface area (Å²) in [6.07, 6.45) is 3.62. The van der Waals surface area contributed by atoms with Crippen molar-refractivity contribution in [2.75, 3.05) is 11.9 Å². The molecule has 0 saturated heterocycles. The van der Waals surface area contributed by atoms with E-state index in [1.165, 1.54) is 0 Å². The van der Waals surface area contributed by atoms with E-state index < -0.39 is 0 Å². The molecule has 0 aliphatic carbocycles. The number of nitrogens with one attached hydrogen (secondary N) is 1. The molecule has 2 aromatic heterocycles. The first-order valence-corrected chi connectivity index (χ1v) is 6.80. The van der Waals surface area contributed by atoms with Crippen molar-refractivity contribution in [1.82, 2.24) is 15.0 Å². The Labute approximate surface area is 119 Å². The second-order valence-corrected chi connectivity index (χ2v) is 4.79. The van der Waals surface area contributed by atoms with Crippen LogP contribution < -0.4 is 10.1 Å². The van der Waals surface area contributed by atoms with E-state index in [-0.39, 0.29) is 6.10 Å². The number of ether oxygens (including phenoxy) is 1. The first kappa shape index (κ1) is 14.2. The summed E-state index contributed by atoms with van der Waals surface area (Å²) in [7, 11) is 0. The second kappa shape index (κ2) is 6.32. The Morgan fingerprint density at radius 3 is 2.70 bits per heavy atom. The lowest BCUT2D eigenvalue weighted by Gasteiger charge is -2.11. The van der Waals surface area contributed by atoms with E-state index >= 15 is 0 Å². The zero-order chi connectivity index (χ0) is 14.5. The summed E-state index contributed by atoms with van der Waals surface area (Å²) in [4.78, 5) is 13.0. The molecule has 0 bridgehead atoms. The van der Waals surface area contributed by atoms with Crippen molar-refractivity contribution in [3.8, 4) is 17.0 Å². The molecule has 0 aromatic carbocycles. The SMILES string of the molecule is CCNc1cc(-c2cncc(OC(C)C)c2)nc(C)n1. The Balaban J connectivity index is 2.35. The third-order valence-corrected chi connectivity index (χ3v) is 2.58. The van der Waals surface area contributed by atoms with E-state index in [0.29, 0.717) is 0 Å². The molecule has 0 unspecified atom stereocenters. The molecule has 0 radical (unpaired) electrons. The predicted molar refractivity (Wildman–Crippen MR) is 79.9 cm³/mol. The quantitative estimate of drug-likeness (QED) is 0.906. The molecule has 0 amide bonds. The van der Waals surface area contributed by atoms with Crippen LogP contribution in [0.25, 0.3) is 11.3 Å². The minimum atomic E-state index is 0.122. The van der Waals surface area contributed by atoms with Gasteiger partial charge in [0.05, 0.1) is 18.0 Å². The van der Waals surface area contributed by atoms with Crippen molar-refractivity contribution in [2.45, 2.75) is 33.8 Å². The number of aryl methyl sites for hydroxylation is 1. The molecule has 0 fully saturated rings. The second-order valence-electron chi connectivity index (χ2n) is 4.79. The van der Waals surface area contributed by atoms with Crippen LogP contribution in [0.5, 0.6) is 5.75 Å². The minimum absolute atomic E-state index is 0.122. The lowest BCUT2D eigenvalue weighted by atomic mass is 10.2. The molecule has 5 nitrogen and oxygen atoms in total. The molecule has 0 aliphatic heterocycles. The molecule has 0 spiro atoms. The molecular formula is C15H20N4O. The van der Waals surface area contributed by atoms with Gasteiger partial charge in [0.15, 0.2) is 0 Å². The van der Waals surface area contributed by atoms with Crippen molar-refractivity contribution in [1.29, 1.82) is 0 Å². The van der Waals surface area contributed by atoms with Crippen molar-refractivity contribution in [3.05, 3.63) is 30.4 Å². The molecule has 2 rings (SSSR count). The van der Waals surface area contributed by atoms with Crippen LogP contribution in [-0.4, -0.2) is 27.6 Å². The number of hydrogen-bond donors (Lipinski definition) is 1. The monoisotopic (exact) mass is 272 g/mol. The standard InChI is InChI=1S/C15H20N4O/c1-5-17-15-7-14(18-11(4)19-15)12-6-13(9-16-8-12)20-10(2)3/h6-10H,5H2,1-4H3,(H,17,18,19). The highest BCUT2D eigenvalue weighted by molar-refractivity contribution is 5.63. The van der Waals surface area contributed by atoms with E-state index in [1.807, 2.05) is 39.8 Å². The maximum absolute atomic E-state index is 5.66. The van der Waals surface area contributed by atoms with Crippen molar-refractivity contribution >= 4 is 5.82 Å². The highest BCUT2D eigenvalue weighted by Gasteiger charge is 2.07. The van der Waals surface area contributed by atoms with E-state index in [0.717, 1.165) is 35.2 Å². The van der Waals surface area contributed by atoms with E-state index in [9.17, 15) is 0 Å². The first-order valence-electron chi connectivity index (χ1n) is 6.80. The average Bonchev–Trinajstić information content (AvgIpc) is 2.38. The van der Waals surface area contributed by atoms with Gasteiger partial charge in [-0.05, 0) is 33.8 Å². The molecule has 0 atom stereocenters. The fraction of sp³-hybridized carbons (Fsp3) is 0.400. The van der Waals surface area contributed by atoms with Gasteiger partial charge >= 0.3 is 0 Å². The largest absolute Gasteiger partial charge is 0.489 e. The van der Waals surface area contributed by atoms with Gasteiger partial charge in [-0.1, -0.05) is 0 Å². The van der Waals surface area contributed by atoms with Gasteiger partial charge in [-0.15, -0.1) is 0 Å². The Bertz CT molecular complexity index is 584. The Hall–Kier alpha value is -2.17. The maximum Gasteiger partial charge on any atom is 0.138 e. The van der Waals surface area contributed by atoms with E-state index in [2.05, 4.69) is 20.3 Å². The van der Waals surface area contributed by atoms with Crippen LogP contribution in [0, 0.1) is 6.92 Å². The van der Waals surface area contributed by atoms with Crippen molar-refractivity contribution in [3.63, 3.8) is 0 Å². The summed E-state index contributed by atoms with van der Waals surface area (Å²) in [5.74, 6) is 2.30. The summed E-state index contributed by atoms with van der Waals surface area (Å²) in [6, 6.07) is 3.87. The van der Waals surface area contributed by atoms with Crippen LogP contribution in [0.3, 0.4) is 0 Å². The molecule has 2 heterocycles. The van der Waals surface area contributed by atoms with Gasteiger partial charge in [-0.2, -0.15) is 0 Å². The molecule has 2 aromatic rings. The molecule has 20 heavy (non-hydrogen) atoms. The molecule has 5 heteroatoms. The fourth-order valence-electron chi connectivity index (χ4n) is 1.88. The third kappa shape index (κ3) is 3.66. The van der Waals surface area contributed by atoms with Gasteiger partial charge < -0.3 is 10.1 Å². The first-order chi connectivity index (χ1) is 9.58. The lowest BCUT2D eigenvalue weighted by Crippen LogP contribution is -2.06. The summed E-state index contributed by atoms with van der Waals surface area (Å²) in [5, 5.41) is 3.20. The predicted octanol–water partition coefficient (Wildman–Crippen LogP) is 3.07. The Morgan fingerprint density at radius 1 is 1.20 bits per heavy atom. The van der Waals surface area contributed by atoms with Crippen LogP contribution in [-0.2, 0) is 0 Å². The number of anilines is 1. The fourth-order valence-corrected chi connectivity index (χ4v) is 1.88. The summed E-state index contributed by atoms with van der Waals surface area (Å²) >= 11 is 0. The lowest BCUT2D eigenvalue weighted by molar-refractivity contribution is 0.241. The topological polar surface area (TPSA) is 59.9 Å². The number of aromatic nitrogens is 3. The van der Waals surface area contributed by atoms with Gasteiger partial charge in [0, 0.05) is 24.4 Å². The summed E-state index contributed by atoms with van der Waals surface area (Å²) < 4.78 is 5.66. The van der Waals surface area contributed by atoms with Crippen LogP contribution in [0.15, 0.2) is 24.5 Å². The summed E-state index contributed by atoms with van der Waals surface area (Å²) in [6.45, 7) is 8.72. The smallest absolute Gasteiger partial charge is 0.138 e. The van der Waals surface area contributed by atoms with Gasteiger partial charge in [-0.25, -0.2) is 9.97 Å². The maximum atomic E-state index is 5.66. The van der Waals surface area contributed by atoms with Crippen molar-refractivity contribution in [2.24, 2.45) is 0 Å². The van der Waals surface area contributed by atoms with E-state index in [4.69, 9.17) is 4.74 Å². The number of hydrogen-bond acceptors (Lipinski definition) is 5. The number of rotatable bonds is 5. The zero-order valence-electron chi connectivity index (χ0n) is 12.3. The Kier molecular flexibility index (Phi) is 4.50.